The highest BCUT2D eigenvalue weighted by atomic mass is 16.6. The molecule has 1 N–H and O–H groups in total. The maximum Gasteiger partial charge on any atom is 0.362 e. The summed E-state index contributed by atoms with van der Waals surface area (Å²) in [5.41, 5.74) is 0. The Balaban J connectivity index is 4.24. The number of carboxylic acids is 1. The van der Waals surface area contributed by atoms with E-state index in [1.54, 1.807) is 0 Å². The molecule has 2 atom stereocenters. The summed E-state index contributed by atoms with van der Waals surface area (Å²) in [5.74, 6) is -1.49. The summed E-state index contributed by atoms with van der Waals surface area (Å²) < 4.78 is 17.3. The number of ether oxygens (including phenoxy) is 3. The van der Waals surface area contributed by atoms with Crippen molar-refractivity contribution in [3.63, 3.8) is 0 Å². The molecule has 0 rings (SSSR count). The minimum Gasteiger partial charge on any atom is -0.477 e. The first-order valence-electron chi connectivity index (χ1n) is 24.5. The van der Waals surface area contributed by atoms with Gasteiger partial charge in [0, 0.05) is 19.3 Å². The maximum absolute atomic E-state index is 12.7. The Morgan fingerprint density at radius 1 is 0.492 bits per heavy atom. The van der Waals surface area contributed by atoms with Crippen molar-refractivity contribution in [2.45, 2.75) is 206 Å². The molecule has 0 aliphatic rings. The molecule has 0 heterocycles. The third kappa shape index (κ3) is 41.9. The number of unbranched alkanes of at least 4 members (excludes halogenated alkanes) is 17. The highest BCUT2D eigenvalue weighted by molar-refractivity contribution is 5.72. The van der Waals surface area contributed by atoms with Crippen LogP contribution in [0.4, 0.5) is 0 Å². The molecule has 8 heteroatoms. The quantitative estimate of drug-likeness (QED) is 0.0282. The fourth-order valence-electron chi connectivity index (χ4n) is 6.89. The van der Waals surface area contributed by atoms with E-state index in [0.29, 0.717) is 19.3 Å². The number of hydrogen-bond donors (Lipinski definition) is 1. The van der Waals surface area contributed by atoms with Crippen LogP contribution in [0.2, 0.25) is 0 Å². The van der Waals surface area contributed by atoms with Gasteiger partial charge in [0.1, 0.15) is 6.61 Å². The molecule has 0 saturated heterocycles. The van der Waals surface area contributed by atoms with Gasteiger partial charge in [0.15, 0.2) is 12.1 Å². The predicted octanol–water partition coefficient (Wildman–Crippen LogP) is 13.9. The lowest BCUT2D eigenvalue weighted by Gasteiger charge is -2.31. The molecule has 0 saturated carbocycles. The molecule has 0 amide bonds. The van der Waals surface area contributed by atoms with Crippen molar-refractivity contribution in [2.75, 3.05) is 41.0 Å². The number of nitrogens with zero attached hydrogens (tertiary/aromatic N) is 1. The van der Waals surface area contributed by atoms with E-state index in [9.17, 15) is 19.5 Å². The predicted molar refractivity (Wildman–Crippen MR) is 257 cm³/mol. The number of aliphatic carboxylic acids is 1. The van der Waals surface area contributed by atoms with Crippen molar-refractivity contribution in [3.8, 4) is 0 Å². The molecule has 0 fully saturated rings. The summed E-state index contributed by atoms with van der Waals surface area (Å²) in [4.78, 5) is 37.1. The molecular weight excluding hydrogens is 763 g/mol. The van der Waals surface area contributed by atoms with Crippen molar-refractivity contribution in [1.29, 1.82) is 0 Å². The normalized spacial score (nSPS) is 13.5. The monoisotopic (exact) mass is 855 g/mol. The maximum atomic E-state index is 12.7. The summed E-state index contributed by atoms with van der Waals surface area (Å²) in [6.45, 7) is 4.51. The first kappa shape index (κ1) is 57.8. The van der Waals surface area contributed by atoms with Crippen LogP contribution in [0.3, 0.4) is 0 Å². The van der Waals surface area contributed by atoms with Crippen molar-refractivity contribution < 1.29 is 38.2 Å². The number of quaternary nitrogens is 1. The Kier molecular flexibility index (Phi) is 41.1. The number of carboxylic acid groups (broad SMARTS) is 1. The largest absolute Gasteiger partial charge is 0.477 e. The zero-order valence-corrected chi connectivity index (χ0v) is 39.8. The van der Waals surface area contributed by atoms with Crippen LogP contribution in [0.5, 0.6) is 0 Å². The highest BCUT2D eigenvalue weighted by Crippen LogP contribution is 2.15. The second kappa shape index (κ2) is 43.4. The molecule has 0 radical (unpaired) electrons. The van der Waals surface area contributed by atoms with Crippen LogP contribution in [-0.4, -0.2) is 80.6 Å². The van der Waals surface area contributed by atoms with Gasteiger partial charge in [-0.1, -0.05) is 170 Å². The van der Waals surface area contributed by atoms with E-state index in [1.165, 1.54) is 77.0 Å². The minimum atomic E-state index is -0.879. The van der Waals surface area contributed by atoms with Crippen LogP contribution in [-0.2, 0) is 28.6 Å². The number of carbonyl (C=O) groups is 3. The van der Waals surface area contributed by atoms with Crippen LogP contribution >= 0.6 is 0 Å². The van der Waals surface area contributed by atoms with Gasteiger partial charge in [0.25, 0.3) is 0 Å². The smallest absolute Gasteiger partial charge is 0.362 e. The zero-order valence-electron chi connectivity index (χ0n) is 39.8. The summed E-state index contributed by atoms with van der Waals surface area (Å²) in [6.07, 6.45) is 55.2. The van der Waals surface area contributed by atoms with E-state index < -0.39 is 18.1 Å². The molecule has 8 nitrogen and oxygen atoms in total. The van der Waals surface area contributed by atoms with E-state index in [0.717, 1.165) is 83.5 Å². The summed E-state index contributed by atoms with van der Waals surface area (Å²) >= 11 is 0. The molecule has 2 unspecified atom stereocenters. The van der Waals surface area contributed by atoms with Gasteiger partial charge in [-0.05, 0) is 77.0 Å². The van der Waals surface area contributed by atoms with Gasteiger partial charge in [-0.3, -0.25) is 9.59 Å². The zero-order chi connectivity index (χ0) is 44.9. The van der Waals surface area contributed by atoms with Crippen molar-refractivity contribution in [3.05, 3.63) is 72.9 Å². The first-order chi connectivity index (χ1) is 29.6. The van der Waals surface area contributed by atoms with E-state index >= 15 is 0 Å². The molecule has 0 aliphatic carbocycles. The van der Waals surface area contributed by atoms with Crippen LogP contribution in [0.15, 0.2) is 72.9 Å². The molecule has 350 valence electrons. The second-order valence-corrected chi connectivity index (χ2v) is 17.3. The van der Waals surface area contributed by atoms with Gasteiger partial charge < -0.3 is 23.8 Å². The Bertz CT molecular complexity index is 1230. The Labute approximate surface area is 374 Å². The third-order valence-electron chi connectivity index (χ3n) is 10.6. The number of hydrogen-bond acceptors (Lipinski definition) is 6. The van der Waals surface area contributed by atoms with Crippen LogP contribution in [0, 0.1) is 0 Å². The van der Waals surface area contributed by atoms with Gasteiger partial charge in [-0.2, -0.15) is 0 Å². The lowest BCUT2D eigenvalue weighted by atomic mass is 10.1. The van der Waals surface area contributed by atoms with Crippen LogP contribution in [0.25, 0.3) is 0 Å². The number of allylic oxidation sites excluding steroid dienone is 12. The topological polar surface area (TPSA) is 99.1 Å². The van der Waals surface area contributed by atoms with E-state index in [1.807, 2.05) is 21.1 Å². The molecule has 0 aromatic carbocycles. The summed E-state index contributed by atoms with van der Waals surface area (Å²) in [6, 6.07) is -0.619. The number of likely N-dealkylation sites (N-methyl/N-ethyl adjacent to an activating group) is 1. The summed E-state index contributed by atoms with van der Waals surface area (Å²) in [7, 11) is 5.52. The average molecular weight is 855 g/mol. The molecule has 61 heavy (non-hydrogen) atoms. The van der Waals surface area contributed by atoms with E-state index in [2.05, 4.69) is 86.8 Å². The number of rotatable bonds is 43. The third-order valence-corrected chi connectivity index (χ3v) is 10.6. The molecule has 0 aromatic rings. The molecule has 0 bridgehead atoms. The van der Waals surface area contributed by atoms with Crippen molar-refractivity contribution >= 4 is 17.9 Å². The van der Waals surface area contributed by atoms with Gasteiger partial charge in [-0.15, -0.1) is 0 Å². The van der Waals surface area contributed by atoms with Crippen LogP contribution in [0.1, 0.15) is 194 Å². The average Bonchev–Trinajstić information content (AvgIpc) is 3.22. The van der Waals surface area contributed by atoms with E-state index in [4.69, 9.17) is 14.2 Å². The van der Waals surface area contributed by atoms with Gasteiger partial charge >= 0.3 is 17.9 Å². The fourth-order valence-corrected chi connectivity index (χ4v) is 6.89. The highest BCUT2D eigenvalue weighted by Gasteiger charge is 2.31. The Hall–Kier alpha value is -3.23. The Morgan fingerprint density at radius 3 is 1.28 bits per heavy atom. The van der Waals surface area contributed by atoms with Gasteiger partial charge in [0.2, 0.25) is 0 Å². The van der Waals surface area contributed by atoms with E-state index in [-0.39, 0.29) is 36.2 Å². The Morgan fingerprint density at radius 2 is 0.869 bits per heavy atom. The first-order valence-corrected chi connectivity index (χ1v) is 24.5. The lowest BCUT2D eigenvalue weighted by Crippen LogP contribution is -2.50. The fraction of sp³-hybridized carbons (Fsp3) is 0.717. The van der Waals surface area contributed by atoms with Gasteiger partial charge in [0.05, 0.1) is 34.4 Å². The number of carbonyl (C=O) groups excluding carboxylic acids is 2. The van der Waals surface area contributed by atoms with Crippen molar-refractivity contribution in [1.82, 2.24) is 0 Å². The molecule has 0 spiro atoms. The van der Waals surface area contributed by atoms with Crippen molar-refractivity contribution in [2.24, 2.45) is 0 Å². The molecule has 0 aliphatic heterocycles. The van der Waals surface area contributed by atoms with Crippen LogP contribution < -0.4 is 0 Å². The number of esters is 2. The lowest BCUT2D eigenvalue weighted by molar-refractivity contribution is -0.887. The molecule has 0 aromatic heterocycles. The SMILES string of the molecule is CC/C=C/C/C=C/C/C=C/C/C=C/CCCCCCCCCCCCC(=O)OCC(COCCC(C(=O)O)[N+](C)(C)C)OC(=O)CCCCCCCCC/C=C/C/C=C/CC. The van der Waals surface area contributed by atoms with Gasteiger partial charge in [-0.25, -0.2) is 4.79 Å². The molecular formula is C53H92NO7+. The standard InChI is InChI=1S/C53H91NO7/c1-6-8-10-12-14-16-18-20-22-23-24-25-26-27-28-29-30-32-33-35-37-39-41-43-51(55)60-48-49(47-59-46-45-50(53(57)58)54(3,4)5)61-52(56)44-42-40-38-36-34-31-21-19-17-15-13-11-9-7-2/h8-11,14-17,20,22,24-25,49-50H,6-7,12-13,18-19,21,23,26-48H2,1-5H3/p+1/b10-8+,11-9+,16-14+,17-15+,22-20+,25-24+. The summed E-state index contributed by atoms with van der Waals surface area (Å²) in [5, 5.41) is 9.64. The minimum absolute atomic E-state index is 0.0540. The second-order valence-electron chi connectivity index (χ2n) is 17.3.